The summed E-state index contributed by atoms with van der Waals surface area (Å²) in [6.07, 6.45) is 10.5. The fraction of sp³-hybridized carbons (Fsp3) is 0.800. The van der Waals surface area contributed by atoms with E-state index < -0.39 is 0 Å². The van der Waals surface area contributed by atoms with Gasteiger partial charge in [-0.25, -0.2) is 0 Å². The van der Waals surface area contributed by atoms with E-state index in [2.05, 4.69) is 12.0 Å². The van der Waals surface area contributed by atoms with Crippen molar-refractivity contribution in [3.05, 3.63) is 18.0 Å². The molecule has 4 atom stereocenters. The Morgan fingerprint density at radius 1 is 1.47 bits per heavy atom. The number of ether oxygens (including phenoxy) is 1. The van der Waals surface area contributed by atoms with E-state index in [-0.39, 0.29) is 12.1 Å². The molecule has 0 radical (unpaired) electrons. The fourth-order valence-corrected chi connectivity index (χ4v) is 3.10. The van der Waals surface area contributed by atoms with E-state index >= 15 is 0 Å². The Labute approximate surface area is 116 Å². The lowest BCUT2D eigenvalue weighted by atomic mass is 9.84. The second-order valence-corrected chi connectivity index (χ2v) is 5.85. The molecule has 19 heavy (non-hydrogen) atoms. The highest BCUT2D eigenvalue weighted by molar-refractivity contribution is 5.10. The van der Waals surface area contributed by atoms with E-state index in [1.54, 1.807) is 0 Å². The maximum Gasteiger partial charge on any atom is 0.101 e. The van der Waals surface area contributed by atoms with Crippen molar-refractivity contribution in [1.82, 2.24) is 9.78 Å². The highest BCUT2D eigenvalue weighted by Crippen LogP contribution is 2.33. The van der Waals surface area contributed by atoms with Crippen molar-refractivity contribution in [2.24, 2.45) is 18.7 Å². The molecule has 0 aliphatic heterocycles. The zero-order valence-electron chi connectivity index (χ0n) is 12.4. The van der Waals surface area contributed by atoms with Gasteiger partial charge in [-0.2, -0.15) is 5.10 Å². The first-order valence-corrected chi connectivity index (χ1v) is 7.51. The highest BCUT2D eigenvalue weighted by atomic mass is 16.5. The van der Waals surface area contributed by atoms with Crippen molar-refractivity contribution in [2.45, 2.75) is 64.2 Å². The predicted molar refractivity (Wildman–Crippen MR) is 76.7 cm³/mol. The first-order chi connectivity index (χ1) is 9.11. The molecule has 2 N–H and O–H groups in total. The molecule has 4 heteroatoms. The van der Waals surface area contributed by atoms with E-state index in [1.165, 1.54) is 32.1 Å². The molecule has 0 bridgehead atoms. The third-order valence-electron chi connectivity index (χ3n) is 4.22. The maximum absolute atomic E-state index is 6.38. The van der Waals surface area contributed by atoms with Crippen molar-refractivity contribution in [1.29, 1.82) is 0 Å². The van der Waals surface area contributed by atoms with Gasteiger partial charge < -0.3 is 10.5 Å². The zero-order chi connectivity index (χ0) is 13.8. The third kappa shape index (κ3) is 3.57. The van der Waals surface area contributed by atoms with Gasteiger partial charge in [0.2, 0.25) is 0 Å². The summed E-state index contributed by atoms with van der Waals surface area (Å²) in [4.78, 5) is 0. The van der Waals surface area contributed by atoms with Crippen LogP contribution >= 0.6 is 0 Å². The minimum absolute atomic E-state index is 0.0105. The third-order valence-corrected chi connectivity index (χ3v) is 4.22. The van der Waals surface area contributed by atoms with Gasteiger partial charge >= 0.3 is 0 Å². The minimum atomic E-state index is -0.0363. The van der Waals surface area contributed by atoms with Gasteiger partial charge in [-0.1, -0.05) is 26.2 Å². The van der Waals surface area contributed by atoms with Gasteiger partial charge in [-0.3, -0.25) is 4.68 Å². The highest BCUT2D eigenvalue weighted by Gasteiger charge is 2.29. The van der Waals surface area contributed by atoms with Crippen molar-refractivity contribution >= 4 is 0 Å². The number of nitrogens with zero attached hydrogens (tertiary/aromatic N) is 2. The number of aryl methyl sites for hydroxylation is 1. The molecule has 1 saturated carbocycles. The van der Waals surface area contributed by atoms with Gasteiger partial charge in [-0.15, -0.1) is 0 Å². The molecule has 0 aromatic carbocycles. The largest absolute Gasteiger partial charge is 0.368 e. The van der Waals surface area contributed by atoms with Crippen LogP contribution in [0.15, 0.2) is 12.4 Å². The van der Waals surface area contributed by atoms with E-state index in [0.29, 0.717) is 12.0 Å². The summed E-state index contributed by atoms with van der Waals surface area (Å²) in [5, 5.41) is 4.23. The summed E-state index contributed by atoms with van der Waals surface area (Å²) in [7, 11) is 1.93. The molecular weight excluding hydrogens is 238 g/mol. The van der Waals surface area contributed by atoms with Crippen LogP contribution in [0.2, 0.25) is 0 Å². The van der Waals surface area contributed by atoms with Crippen molar-refractivity contribution in [3.63, 3.8) is 0 Å². The average molecular weight is 265 g/mol. The summed E-state index contributed by atoms with van der Waals surface area (Å²) in [6.45, 7) is 4.28. The van der Waals surface area contributed by atoms with Gasteiger partial charge in [0.15, 0.2) is 0 Å². The van der Waals surface area contributed by atoms with E-state index in [9.17, 15) is 0 Å². The van der Waals surface area contributed by atoms with Crippen LogP contribution in [0.4, 0.5) is 0 Å². The quantitative estimate of drug-likeness (QED) is 0.890. The van der Waals surface area contributed by atoms with Crippen LogP contribution in [0.1, 0.15) is 57.6 Å². The molecule has 0 saturated heterocycles. The van der Waals surface area contributed by atoms with Crippen LogP contribution in [0.3, 0.4) is 0 Å². The lowest BCUT2D eigenvalue weighted by Gasteiger charge is -2.35. The second kappa shape index (κ2) is 6.53. The lowest BCUT2D eigenvalue weighted by Crippen LogP contribution is -2.35. The average Bonchev–Trinajstić information content (AvgIpc) is 2.82. The Bertz CT molecular complexity index is 388. The number of hydrogen-bond donors (Lipinski definition) is 1. The SMILES string of the molecule is CCC1CCCCC1OC(c1cnn(C)c1)C(C)N. The molecule has 108 valence electrons. The molecule has 2 rings (SSSR count). The molecule has 0 amide bonds. The zero-order valence-corrected chi connectivity index (χ0v) is 12.4. The van der Waals surface area contributed by atoms with Crippen LogP contribution in [-0.2, 0) is 11.8 Å². The standard InChI is InChI=1S/C15H27N3O/c1-4-12-7-5-6-8-14(12)19-15(11(2)16)13-9-17-18(3)10-13/h9-12,14-15H,4-8,16H2,1-3H3. The Balaban J connectivity index is 2.07. The number of rotatable bonds is 5. The number of aromatic nitrogens is 2. The monoisotopic (exact) mass is 265 g/mol. The van der Waals surface area contributed by atoms with Gasteiger partial charge in [0.05, 0.1) is 12.3 Å². The molecule has 4 nitrogen and oxygen atoms in total. The normalized spacial score (nSPS) is 27.2. The number of hydrogen-bond acceptors (Lipinski definition) is 3. The van der Waals surface area contributed by atoms with Crippen LogP contribution in [0, 0.1) is 5.92 Å². The van der Waals surface area contributed by atoms with Gasteiger partial charge in [0.1, 0.15) is 6.10 Å². The van der Waals surface area contributed by atoms with E-state index in [1.807, 2.05) is 31.0 Å². The molecule has 1 aliphatic rings. The summed E-state index contributed by atoms with van der Waals surface area (Å²) < 4.78 is 8.19. The predicted octanol–water partition coefficient (Wildman–Crippen LogP) is 2.79. The minimum Gasteiger partial charge on any atom is -0.368 e. The topological polar surface area (TPSA) is 53.1 Å². The summed E-state index contributed by atoms with van der Waals surface area (Å²) in [5.74, 6) is 0.687. The fourth-order valence-electron chi connectivity index (χ4n) is 3.10. The Kier molecular flexibility index (Phi) is 4.99. The Morgan fingerprint density at radius 2 is 2.21 bits per heavy atom. The smallest absolute Gasteiger partial charge is 0.101 e. The van der Waals surface area contributed by atoms with Crippen molar-refractivity contribution in [2.75, 3.05) is 0 Å². The van der Waals surface area contributed by atoms with Crippen LogP contribution < -0.4 is 5.73 Å². The lowest BCUT2D eigenvalue weighted by molar-refractivity contribution is -0.0701. The van der Waals surface area contributed by atoms with Crippen LogP contribution in [-0.4, -0.2) is 21.9 Å². The van der Waals surface area contributed by atoms with Gasteiger partial charge in [0, 0.05) is 24.8 Å². The van der Waals surface area contributed by atoms with Gasteiger partial charge in [-0.05, 0) is 25.7 Å². The summed E-state index contributed by atoms with van der Waals surface area (Å²) in [6, 6.07) is -0.0105. The molecule has 1 fully saturated rings. The Morgan fingerprint density at radius 3 is 2.79 bits per heavy atom. The summed E-state index contributed by atoms with van der Waals surface area (Å²) >= 11 is 0. The second-order valence-electron chi connectivity index (χ2n) is 5.85. The first kappa shape index (κ1) is 14.5. The molecule has 0 spiro atoms. The molecule has 1 aromatic rings. The molecule has 1 aromatic heterocycles. The van der Waals surface area contributed by atoms with Crippen LogP contribution in [0.5, 0.6) is 0 Å². The van der Waals surface area contributed by atoms with E-state index in [0.717, 1.165) is 5.56 Å². The molecule has 4 unspecified atom stereocenters. The number of nitrogens with two attached hydrogens (primary N) is 1. The first-order valence-electron chi connectivity index (χ1n) is 7.51. The van der Waals surface area contributed by atoms with Crippen molar-refractivity contribution in [3.8, 4) is 0 Å². The van der Waals surface area contributed by atoms with Gasteiger partial charge in [0.25, 0.3) is 0 Å². The summed E-state index contributed by atoms with van der Waals surface area (Å²) in [5.41, 5.74) is 7.22. The molecule has 1 aliphatic carbocycles. The van der Waals surface area contributed by atoms with Crippen molar-refractivity contribution < 1.29 is 4.74 Å². The molecule has 1 heterocycles. The van der Waals surface area contributed by atoms with E-state index in [4.69, 9.17) is 10.5 Å². The molecular formula is C15H27N3O. The maximum atomic E-state index is 6.38. The Hall–Kier alpha value is -0.870. The van der Waals surface area contributed by atoms with Crippen LogP contribution in [0.25, 0.3) is 0 Å².